The Bertz CT molecular complexity index is 1470. The van der Waals surface area contributed by atoms with Crippen LogP contribution in [0.15, 0.2) is 84.9 Å². The summed E-state index contributed by atoms with van der Waals surface area (Å²) in [5.41, 5.74) is 0.919. The van der Waals surface area contributed by atoms with Crippen LogP contribution < -0.4 is 4.90 Å². The van der Waals surface area contributed by atoms with E-state index in [9.17, 15) is 22.0 Å². The molecule has 1 aromatic heterocycles. The molecular formula is C20H16N2O6S2. The van der Waals surface area contributed by atoms with Crippen LogP contribution in [0.4, 0.5) is 0 Å². The first kappa shape index (κ1) is 20.0. The van der Waals surface area contributed by atoms with Crippen molar-refractivity contribution in [2.24, 2.45) is 0 Å². The predicted molar refractivity (Wildman–Crippen MR) is 106 cm³/mol. The third kappa shape index (κ3) is 3.14. The summed E-state index contributed by atoms with van der Waals surface area (Å²) < 4.78 is 57.0. The number of aryl methyl sites for hydroxylation is 2. The van der Waals surface area contributed by atoms with Crippen molar-refractivity contribution in [3.8, 4) is 0 Å². The Hall–Kier alpha value is -3.24. The van der Waals surface area contributed by atoms with Gasteiger partial charge in [0.2, 0.25) is 25.2 Å². The number of fused-ring (bicyclic) bond motifs is 1. The van der Waals surface area contributed by atoms with E-state index in [1.54, 1.807) is 24.3 Å². The second kappa shape index (κ2) is 6.92. The molecule has 0 unspecified atom stereocenters. The van der Waals surface area contributed by atoms with E-state index in [0.29, 0.717) is 0 Å². The number of benzene rings is 3. The molecule has 0 aliphatic heterocycles. The molecule has 0 N–H and O–H groups in total. The summed E-state index contributed by atoms with van der Waals surface area (Å²) in [5, 5.41) is 15.8. The minimum absolute atomic E-state index is 0.0102. The van der Waals surface area contributed by atoms with Crippen LogP contribution in [0.2, 0.25) is 0 Å². The highest BCUT2D eigenvalue weighted by Crippen LogP contribution is 2.32. The van der Waals surface area contributed by atoms with Crippen molar-refractivity contribution in [1.82, 2.24) is 5.16 Å². The zero-order valence-corrected chi connectivity index (χ0v) is 17.6. The second-order valence-electron chi connectivity index (χ2n) is 6.82. The van der Waals surface area contributed by atoms with Crippen LogP contribution >= 0.6 is 0 Å². The van der Waals surface area contributed by atoms with Crippen LogP contribution in [0, 0.1) is 19.1 Å². The van der Waals surface area contributed by atoms with Crippen LogP contribution in [0.5, 0.6) is 0 Å². The molecule has 10 heteroatoms. The summed E-state index contributed by atoms with van der Waals surface area (Å²) in [7, 11) is -8.19. The molecule has 30 heavy (non-hydrogen) atoms. The summed E-state index contributed by atoms with van der Waals surface area (Å²) >= 11 is 0. The first-order valence-corrected chi connectivity index (χ1v) is 11.7. The SMILES string of the molecule is Cc1ccc(S(=O)(=O)c2ccc(S(=O)(=O)c3ccc(C)cc3)c3c2no[n+]3[O-])cc1. The minimum Gasteiger partial charge on any atom is -0.359 e. The van der Waals surface area contributed by atoms with E-state index >= 15 is 0 Å². The molecule has 0 fully saturated rings. The molecule has 4 rings (SSSR count). The van der Waals surface area contributed by atoms with Gasteiger partial charge < -0.3 is 5.21 Å². The predicted octanol–water partition coefficient (Wildman–Crippen LogP) is 2.74. The van der Waals surface area contributed by atoms with Gasteiger partial charge in [-0.05, 0) is 55.1 Å². The Morgan fingerprint density at radius 2 is 1.17 bits per heavy atom. The van der Waals surface area contributed by atoms with Crippen LogP contribution in [0.3, 0.4) is 0 Å². The van der Waals surface area contributed by atoms with Crippen molar-refractivity contribution in [2.45, 2.75) is 33.4 Å². The topological polar surface area (TPSA) is 121 Å². The number of hydrogen-bond donors (Lipinski definition) is 0. The Kier molecular flexibility index (Phi) is 4.63. The molecule has 0 bridgehead atoms. The third-order valence-electron chi connectivity index (χ3n) is 4.71. The van der Waals surface area contributed by atoms with Crippen molar-refractivity contribution in [1.29, 1.82) is 0 Å². The van der Waals surface area contributed by atoms with E-state index in [4.69, 9.17) is 0 Å². The lowest BCUT2D eigenvalue weighted by Crippen LogP contribution is -2.25. The molecule has 3 aromatic carbocycles. The third-order valence-corrected chi connectivity index (χ3v) is 8.31. The number of hydrogen-bond acceptors (Lipinski definition) is 7. The highest BCUT2D eigenvalue weighted by atomic mass is 32.2. The Morgan fingerprint density at radius 3 is 1.67 bits per heavy atom. The summed E-state index contributed by atoms with van der Waals surface area (Å²) in [5.74, 6) is 0. The van der Waals surface area contributed by atoms with Crippen molar-refractivity contribution in [3.05, 3.63) is 77.0 Å². The summed E-state index contributed by atoms with van der Waals surface area (Å²) in [6.07, 6.45) is 0. The van der Waals surface area contributed by atoms with E-state index in [1.807, 2.05) is 13.8 Å². The molecule has 0 aliphatic carbocycles. The minimum atomic E-state index is -4.12. The van der Waals surface area contributed by atoms with Gasteiger partial charge >= 0.3 is 0 Å². The van der Waals surface area contributed by atoms with Crippen LogP contribution in [-0.2, 0) is 19.7 Å². The fourth-order valence-corrected chi connectivity index (χ4v) is 5.85. The average molecular weight is 444 g/mol. The number of aromatic nitrogens is 2. The maximum absolute atomic E-state index is 13.1. The number of nitrogens with zero attached hydrogens (tertiary/aromatic N) is 2. The highest BCUT2D eigenvalue weighted by Gasteiger charge is 2.33. The first-order valence-electron chi connectivity index (χ1n) is 8.78. The average Bonchev–Trinajstić information content (AvgIpc) is 3.09. The van der Waals surface area contributed by atoms with Gasteiger partial charge in [0.15, 0.2) is 0 Å². The van der Waals surface area contributed by atoms with Crippen molar-refractivity contribution < 1.29 is 26.4 Å². The molecule has 0 saturated heterocycles. The van der Waals surface area contributed by atoms with Gasteiger partial charge in [-0.2, -0.15) is 0 Å². The summed E-state index contributed by atoms with van der Waals surface area (Å²) in [6.45, 7) is 3.63. The van der Waals surface area contributed by atoms with Gasteiger partial charge in [-0.1, -0.05) is 35.4 Å². The van der Waals surface area contributed by atoms with Gasteiger partial charge in [0, 0.05) is 5.16 Å². The molecule has 0 spiro atoms. The normalized spacial score (nSPS) is 12.3. The van der Waals surface area contributed by atoms with Crippen LogP contribution in [-0.4, -0.2) is 22.0 Å². The van der Waals surface area contributed by atoms with Crippen molar-refractivity contribution >= 4 is 30.7 Å². The monoisotopic (exact) mass is 444 g/mol. The summed E-state index contributed by atoms with van der Waals surface area (Å²) in [4.78, 5) is -0.846. The fourth-order valence-electron chi connectivity index (χ4n) is 3.05. The lowest BCUT2D eigenvalue weighted by molar-refractivity contribution is -0.783. The Balaban J connectivity index is 1.96. The van der Waals surface area contributed by atoms with Gasteiger partial charge in [0.1, 0.15) is 9.79 Å². The van der Waals surface area contributed by atoms with E-state index in [2.05, 4.69) is 9.79 Å². The first-order chi connectivity index (χ1) is 14.1. The summed E-state index contributed by atoms with van der Waals surface area (Å²) in [6, 6.07) is 14.4. The number of sulfone groups is 2. The molecule has 154 valence electrons. The lowest BCUT2D eigenvalue weighted by Gasteiger charge is -2.08. The van der Waals surface area contributed by atoms with Crippen molar-refractivity contribution in [3.63, 3.8) is 0 Å². The molecule has 1 heterocycles. The van der Waals surface area contributed by atoms with Gasteiger partial charge in [-0.15, -0.1) is 0 Å². The lowest BCUT2D eigenvalue weighted by atomic mass is 10.2. The van der Waals surface area contributed by atoms with Gasteiger partial charge in [0.05, 0.1) is 9.79 Å². The fraction of sp³-hybridized carbons (Fsp3) is 0.100. The van der Waals surface area contributed by atoms with Crippen LogP contribution in [0.1, 0.15) is 11.1 Å². The van der Waals surface area contributed by atoms with Crippen molar-refractivity contribution in [2.75, 3.05) is 0 Å². The van der Waals surface area contributed by atoms with Gasteiger partial charge in [-0.25, -0.2) is 16.8 Å². The molecule has 0 radical (unpaired) electrons. The van der Waals surface area contributed by atoms with Gasteiger partial charge in [0.25, 0.3) is 5.52 Å². The molecule has 0 atom stereocenters. The number of rotatable bonds is 4. The van der Waals surface area contributed by atoms with E-state index in [0.717, 1.165) is 23.3 Å². The Morgan fingerprint density at radius 1 is 0.733 bits per heavy atom. The quantitative estimate of drug-likeness (QED) is 0.444. The standard InChI is InChI=1S/C20H16N2O6S2/c1-13-3-7-15(8-4-13)29(24,25)17-11-12-18(20-19(17)21-28-22(20)23)30(26,27)16-9-5-14(2)6-10-16/h3-12H,1-2H3. The van der Waals surface area contributed by atoms with Crippen LogP contribution in [0.25, 0.3) is 11.0 Å². The van der Waals surface area contributed by atoms with E-state index in [1.165, 1.54) is 24.3 Å². The zero-order chi connectivity index (χ0) is 21.7. The van der Waals surface area contributed by atoms with E-state index < -0.39 is 25.2 Å². The molecule has 0 saturated carbocycles. The molecule has 4 aromatic rings. The van der Waals surface area contributed by atoms with E-state index in [-0.39, 0.29) is 30.0 Å². The molecule has 0 aliphatic rings. The largest absolute Gasteiger partial charge is 0.359 e. The molecule has 8 nitrogen and oxygen atoms in total. The smallest absolute Gasteiger partial charge is 0.268 e. The highest BCUT2D eigenvalue weighted by molar-refractivity contribution is 7.92. The molecule has 0 amide bonds. The maximum Gasteiger partial charge on any atom is 0.268 e. The second-order valence-corrected chi connectivity index (χ2v) is 10.7. The van der Waals surface area contributed by atoms with Gasteiger partial charge in [-0.3, -0.25) is 4.63 Å². The Labute approximate surface area is 172 Å². The maximum atomic E-state index is 13.1. The zero-order valence-electron chi connectivity index (χ0n) is 15.9. The molecular weight excluding hydrogens is 428 g/mol.